The Hall–Kier alpha value is -0.0800. The highest BCUT2D eigenvalue weighted by Gasteiger charge is 2.32. The first kappa shape index (κ1) is 10.0. The van der Waals surface area contributed by atoms with E-state index in [9.17, 15) is 0 Å². The zero-order valence-electron chi connectivity index (χ0n) is 8.23. The minimum Gasteiger partial charge on any atom is -0.330 e. The van der Waals surface area contributed by atoms with Gasteiger partial charge in [-0.3, -0.25) is 0 Å². The van der Waals surface area contributed by atoms with Crippen LogP contribution in [-0.2, 0) is 0 Å². The molecule has 0 bridgehead atoms. The van der Waals surface area contributed by atoms with Crippen LogP contribution < -0.4 is 11.1 Å². The molecule has 0 heterocycles. The first-order valence-corrected chi connectivity index (χ1v) is 5.24. The molecule has 0 aromatic heterocycles. The molecule has 0 aromatic carbocycles. The average Bonchev–Trinajstić information content (AvgIpc) is 2.51. The first-order chi connectivity index (χ1) is 5.83. The zero-order valence-corrected chi connectivity index (χ0v) is 8.23. The van der Waals surface area contributed by atoms with Crippen molar-refractivity contribution in [3.05, 3.63) is 0 Å². The van der Waals surface area contributed by atoms with Crippen LogP contribution in [0.25, 0.3) is 0 Å². The summed E-state index contributed by atoms with van der Waals surface area (Å²) in [6.45, 7) is 5.30. The van der Waals surface area contributed by atoms with E-state index < -0.39 is 0 Å². The number of nitrogens with one attached hydrogen (secondary N) is 1. The van der Waals surface area contributed by atoms with Crippen molar-refractivity contribution in [3.8, 4) is 0 Å². The van der Waals surface area contributed by atoms with Crippen molar-refractivity contribution in [3.63, 3.8) is 0 Å². The van der Waals surface area contributed by atoms with Crippen LogP contribution in [0.4, 0.5) is 0 Å². The number of nitrogens with two attached hydrogens (primary N) is 1. The third-order valence-electron chi connectivity index (χ3n) is 3.09. The Balaban J connectivity index is 2.35. The SMILES string of the molecule is CCNCC1(CCN)CCCC1. The minimum atomic E-state index is 0.560. The van der Waals surface area contributed by atoms with Crippen molar-refractivity contribution in [2.45, 2.75) is 39.0 Å². The summed E-state index contributed by atoms with van der Waals surface area (Å²) in [5.74, 6) is 0. The van der Waals surface area contributed by atoms with Crippen LogP contribution in [0.1, 0.15) is 39.0 Å². The monoisotopic (exact) mass is 170 g/mol. The Bertz CT molecular complexity index is 117. The van der Waals surface area contributed by atoms with Gasteiger partial charge in [0.2, 0.25) is 0 Å². The van der Waals surface area contributed by atoms with Crippen LogP contribution in [0.3, 0.4) is 0 Å². The lowest BCUT2D eigenvalue weighted by Crippen LogP contribution is -2.33. The number of rotatable bonds is 5. The molecule has 0 aromatic rings. The van der Waals surface area contributed by atoms with Gasteiger partial charge in [-0.15, -0.1) is 0 Å². The molecule has 1 saturated carbocycles. The summed E-state index contributed by atoms with van der Waals surface area (Å²) in [6, 6.07) is 0. The van der Waals surface area contributed by atoms with E-state index in [4.69, 9.17) is 5.73 Å². The van der Waals surface area contributed by atoms with Crippen LogP contribution in [-0.4, -0.2) is 19.6 Å². The van der Waals surface area contributed by atoms with Gasteiger partial charge in [-0.05, 0) is 37.8 Å². The third kappa shape index (κ3) is 2.46. The van der Waals surface area contributed by atoms with Crippen LogP contribution >= 0.6 is 0 Å². The van der Waals surface area contributed by atoms with Crippen molar-refractivity contribution < 1.29 is 0 Å². The van der Waals surface area contributed by atoms with Crippen LogP contribution in [0.5, 0.6) is 0 Å². The lowest BCUT2D eigenvalue weighted by atomic mass is 9.82. The Morgan fingerprint density at radius 2 is 2.00 bits per heavy atom. The van der Waals surface area contributed by atoms with Crippen molar-refractivity contribution in [1.29, 1.82) is 0 Å². The van der Waals surface area contributed by atoms with Crippen molar-refractivity contribution >= 4 is 0 Å². The molecule has 1 aliphatic carbocycles. The molecular formula is C10H22N2. The van der Waals surface area contributed by atoms with E-state index in [0.29, 0.717) is 5.41 Å². The van der Waals surface area contributed by atoms with Gasteiger partial charge in [0.25, 0.3) is 0 Å². The second-order valence-electron chi connectivity index (χ2n) is 4.03. The molecule has 0 aliphatic heterocycles. The van der Waals surface area contributed by atoms with Crippen molar-refractivity contribution in [2.75, 3.05) is 19.6 Å². The average molecular weight is 170 g/mol. The van der Waals surface area contributed by atoms with Crippen molar-refractivity contribution in [2.24, 2.45) is 11.1 Å². The Labute approximate surface area is 75.9 Å². The maximum atomic E-state index is 5.64. The molecule has 0 radical (unpaired) electrons. The van der Waals surface area contributed by atoms with Gasteiger partial charge in [0.05, 0.1) is 0 Å². The number of hydrogen-bond acceptors (Lipinski definition) is 2. The smallest absolute Gasteiger partial charge is 0.000817 e. The molecule has 0 atom stereocenters. The largest absolute Gasteiger partial charge is 0.330 e. The Kier molecular flexibility index (Phi) is 4.02. The van der Waals surface area contributed by atoms with E-state index in [1.165, 1.54) is 38.6 Å². The molecule has 2 nitrogen and oxygen atoms in total. The van der Waals surface area contributed by atoms with Gasteiger partial charge in [-0.2, -0.15) is 0 Å². The minimum absolute atomic E-state index is 0.560. The molecule has 1 rings (SSSR count). The zero-order chi connectivity index (χ0) is 8.86. The van der Waals surface area contributed by atoms with E-state index in [0.717, 1.165) is 13.1 Å². The molecular weight excluding hydrogens is 148 g/mol. The normalized spacial score (nSPS) is 21.5. The fraction of sp³-hybridized carbons (Fsp3) is 1.00. The highest BCUT2D eigenvalue weighted by atomic mass is 14.9. The fourth-order valence-electron chi connectivity index (χ4n) is 2.34. The summed E-state index contributed by atoms with van der Waals surface area (Å²) in [5.41, 5.74) is 6.20. The van der Waals surface area contributed by atoms with Gasteiger partial charge in [-0.25, -0.2) is 0 Å². The predicted octanol–water partition coefficient (Wildman–Crippen LogP) is 1.51. The molecule has 72 valence electrons. The van der Waals surface area contributed by atoms with Crippen LogP contribution in [0, 0.1) is 5.41 Å². The molecule has 0 spiro atoms. The van der Waals surface area contributed by atoms with E-state index >= 15 is 0 Å². The first-order valence-electron chi connectivity index (χ1n) is 5.24. The maximum absolute atomic E-state index is 5.64. The molecule has 0 saturated heterocycles. The molecule has 12 heavy (non-hydrogen) atoms. The second-order valence-corrected chi connectivity index (χ2v) is 4.03. The summed E-state index contributed by atoms with van der Waals surface area (Å²) in [7, 11) is 0. The summed E-state index contributed by atoms with van der Waals surface area (Å²) < 4.78 is 0. The van der Waals surface area contributed by atoms with E-state index in [1.807, 2.05) is 0 Å². The van der Waals surface area contributed by atoms with Gasteiger partial charge >= 0.3 is 0 Å². The summed E-state index contributed by atoms with van der Waals surface area (Å²) in [4.78, 5) is 0. The summed E-state index contributed by atoms with van der Waals surface area (Å²) in [6.07, 6.45) is 6.80. The highest BCUT2D eigenvalue weighted by molar-refractivity contribution is 4.86. The molecule has 0 unspecified atom stereocenters. The van der Waals surface area contributed by atoms with Crippen LogP contribution in [0.2, 0.25) is 0 Å². The summed E-state index contributed by atoms with van der Waals surface area (Å²) >= 11 is 0. The van der Waals surface area contributed by atoms with Gasteiger partial charge in [-0.1, -0.05) is 19.8 Å². The molecule has 0 amide bonds. The topological polar surface area (TPSA) is 38.0 Å². The molecule has 1 aliphatic rings. The second kappa shape index (κ2) is 4.83. The summed E-state index contributed by atoms with van der Waals surface area (Å²) in [5, 5.41) is 3.46. The lowest BCUT2D eigenvalue weighted by molar-refractivity contribution is 0.264. The van der Waals surface area contributed by atoms with Gasteiger partial charge in [0.1, 0.15) is 0 Å². The Morgan fingerprint density at radius 1 is 1.33 bits per heavy atom. The van der Waals surface area contributed by atoms with Gasteiger partial charge < -0.3 is 11.1 Å². The van der Waals surface area contributed by atoms with E-state index in [2.05, 4.69) is 12.2 Å². The molecule has 3 N–H and O–H groups in total. The Morgan fingerprint density at radius 3 is 2.50 bits per heavy atom. The molecule has 1 fully saturated rings. The number of hydrogen-bond donors (Lipinski definition) is 2. The third-order valence-corrected chi connectivity index (χ3v) is 3.09. The van der Waals surface area contributed by atoms with Gasteiger partial charge in [0, 0.05) is 6.54 Å². The van der Waals surface area contributed by atoms with Crippen LogP contribution in [0.15, 0.2) is 0 Å². The van der Waals surface area contributed by atoms with E-state index in [1.54, 1.807) is 0 Å². The van der Waals surface area contributed by atoms with Gasteiger partial charge in [0.15, 0.2) is 0 Å². The lowest BCUT2D eigenvalue weighted by Gasteiger charge is -2.28. The van der Waals surface area contributed by atoms with Crippen molar-refractivity contribution in [1.82, 2.24) is 5.32 Å². The fourth-order valence-corrected chi connectivity index (χ4v) is 2.34. The standard InChI is InChI=1S/C10H22N2/c1-2-12-9-10(7-8-11)5-3-4-6-10/h12H,2-9,11H2,1H3. The van der Waals surface area contributed by atoms with E-state index in [-0.39, 0.29) is 0 Å². The quantitative estimate of drug-likeness (QED) is 0.656. The maximum Gasteiger partial charge on any atom is 0.000817 e. The molecule has 2 heteroatoms. The predicted molar refractivity (Wildman–Crippen MR) is 53.1 cm³/mol. The highest BCUT2D eigenvalue weighted by Crippen LogP contribution is 2.39.